The molecule has 0 aliphatic heterocycles. The smallest absolute Gasteiger partial charge is 0.329 e. The number of carbonyl (C=O) groups is 1. The van der Waals surface area contributed by atoms with E-state index in [-0.39, 0.29) is 5.15 Å². The molecule has 0 spiro atoms. The minimum Gasteiger partial charge on any atom is -0.480 e. The van der Waals surface area contributed by atoms with Crippen LogP contribution in [-0.2, 0) is 4.79 Å². The summed E-state index contributed by atoms with van der Waals surface area (Å²) in [6.07, 6.45) is 1.24. The maximum Gasteiger partial charge on any atom is 0.329 e. The second kappa shape index (κ2) is 3.09. The van der Waals surface area contributed by atoms with Crippen molar-refractivity contribution >= 4 is 23.4 Å². The molecule has 2 rings (SSSR count). The molecule has 0 atom stereocenters. The molecule has 2 N–H and O–H groups in total. The first-order chi connectivity index (χ1) is 6.62. The third-order valence-corrected chi connectivity index (χ3v) is 2.36. The molecule has 74 valence electrons. The van der Waals surface area contributed by atoms with Crippen LogP contribution in [0.3, 0.4) is 0 Å². The maximum atomic E-state index is 10.8. The van der Waals surface area contributed by atoms with Gasteiger partial charge in [0.1, 0.15) is 11.4 Å². The Balaban J connectivity index is 2.11. The van der Waals surface area contributed by atoms with Gasteiger partial charge in [0.2, 0.25) is 0 Å². The van der Waals surface area contributed by atoms with E-state index in [1.807, 2.05) is 0 Å². The van der Waals surface area contributed by atoms with Gasteiger partial charge in [0.25, 0.3) is 0 Å². The Morgan fingerprint density at radius 2 is 2.21 bits per heavy atom. The van der Waals surface area contributed by atoms with Crippen LogP contribution in [0.25, 0.3) is 0 Å². The van der Waals surface area contributed by atoms with E-state index in [4.69, 9.17) is 16.7 Å². The zero-order chi connectivity index (χ0) is 10.2. The van der Waals surface area contributed by atoms with Gasteiger partial charge in [0.15, 0.2) is 5.15 Å². The number of carboxylic acid groups (broad SMARTS) is 1. The fourth-order valence-electron chi connectivity index (χ4n) is 1.15. The van der Waals surface area contributed by atoms with E-state index in [1.54, 1.807) is 12.1 Å². The summed E-state index contributed by atoms with van der Waals surface area (Å²) in [5.41, 5.74) is -0.831. The zero-order valence-corrected chi connectivity index (χ0v) is 7.95. The van der Waals surface area contributed by atoms with Crippen molar-refractivity contribution in [1.82, 2.24) is 10.2 Å². The average molecular weight is 214 g/mol. The summed E-state index contributed by atoms with van der Waals surface area (Å²) in [6, 6.07) is 3.17. The molecule has 1 saturated carbocycles. The second-order valence-corrected chi connectivity index (χ2v) is 3.64. The van der Waals surface area contributed by atoms with Crippen LogP contribution in [-0.4, -0.2) is 26.8 Å². The van der Waals surface area contributed by atoms with Gasteiger partial charge in [0, 0.05) is 0 Å². The number of nitrogens with zero attached hydrogens (tertiary/aromatic N) is 2. The number of hydrogen-bond acceptors (Lipinski definition) is 4. The van der Waals surface area contributed by atoms with Crippen molar-refractivity contribution in [3.8, 4) is 0 Å². The molecule has 1 aromatic heterocycles. The lowest BCUT2D eigenvalue weighted by atomic mass is 10.3. The first-order valence-corrected chi connectivity index (χ1v) is 4.51. The quantitative estimate of drug-likeness (QED) is 0.788. The van der Waals surface area contributed by atoms with Crippen LogP contribution < -0.4 is 5.32 Å². The Morgan fingerprint density at radius 1 is 1.50 bits per heavy atom. The van der Waals surface area contributed by atoms with Gasteiger partial charge in [0.05, 0.1) is 0 Å². The van der Waals surface area contributed by atoms with Crippen molar-refractivity contribution in [3.63, 3.8) is 0 Å². The topological polar surface area (TPSA) is 75.1 Å². The van der Waals surface area contributed by atoms with Crippen LogP contribution in [0.4, 0.5) is 5.82 Å². The van der Waals surface area contributed by atoms with Gasteiger partial charge in [-0.3, -0.25) is 0 Å². The van der Waals surface area contributed by atoms with E-state index >= 15 is 0 Å². The Hall–Kier alpha value is -1.36. The normalized spacial score (nSPS) is 17.5. The number of nitrogens with one attached hydrogen (secondary N) is 1. The minimum absolute atomic E-state index is 0.288. The summed E-state index contributed by atoms with van der Waals surface area (Å²) in [5.74, 6) is -0.413. The van der Waals surface area contributed by atoms with Gasteiger partial charge in [-0.25, -0.2) is 4.79 Å². The van der Waals surface area contributed by atoms with Crippen molar-refractivity contribution in [2.45, 2.75) is 18.4 Å². The number of carboxylic acids is 1. The monoisotopic (exact) mass is 213 g/mol. The van der Waals surface area contributed by atoms with Crippen LogP contribution in [0, 0.1) is 0 Å². The van der Waals surface area contributed by atoms with E-state index in [1.165, 1.54) is 0 Å². The minimum atomic E-state index is -0.853. The van der Waals surface area contributed by atoms with Crippen molar-refractivity contribution in [2.75, 3.05) is 5.32 Å². The van der Waals surface area contributed by atoms with Gasteiger partial charge in [-0.2, -0.15) is 0 Å². The van der Waals surface area contributed by atoms with Crippen LogP contribution >= 0.6 is 11.6 Å². The second-order valence-electron chi connectivity index (χ2n) is 3.25. The molecule has 0 radical (unpaired) electrons. The van der Waals surface area contributed by atoms with Gasteiger partial charge >= 0.3 is 5.97 Å². The summed E-state index contributed by atoms with van der Waals surface area (Å²) in [6.45, 7) is 0. The number of hydrogen-bond donors (Lipinski definition) is 2. The number of anilines is 1. The molecule has 0 saturated heterocycles. The third-order valence-electron chi connectivity index (χ3n) is 2.16. The lowest BCUT2D eigenvalue weighted by Gasteiger charge is -2.11. The number of aliphatic carboxylic acids is 1. The van der Waals surface area contributed by atoms with E-state index in [9.17, 15) is 4.79 Å². The van der Waals surface area contributed by atoms with E-state index in [0.29, 0.717) is 18.7 Å². The van der Waals surface area contributed by atoms with E-state index < -0.39 is 11.5 Å². The highest BCUT2D eigenvalue weighted by atomic mass is 35.5. The molecule has 0 aromatic carbocycles. The van der Waals surface area contributed by atoms with Crippen LogP contribution in [0.5, 0.6) is 0 Å². The number of rotatable bonds is 3. The molecule has 5 nitrogen and oxygen atoms in total. The van der Waals surface area contributed by atoms with Crippen molar-refractivity contribution in [3.05, 3.63) is 17.3 Å². The molecule has 0 unspecified atom stereocenters. The first-order valence-electron chi connectivity index (χ1n) is 4.13. The average Bonchev–Trinajstić information content (AvgIpc) is 2.90. The molecular formula is C8H8ClN3O2. The molecule has 0 bridgehead atoms. The van der Waals surface area contributed by atoms with Crippen LogP contribution in [0.15, 0.2) is 12.1 Å². The van der Waals surface area contributed by atoms with Crippen molar-refractivity contribution in [1.29, 1.82) is 0 Å². The van der Waals surface area contributed by atoms with Gasteiger partial charge < -0.3 is 10.4 Å². The highest BCUT2D eigenvalue weighted by Crippen LogP contribution is 2.38. The molecule has 1 fully saturated rings. The van der Waals surface area contributed by atoms with E-state index in [2.05, 4.69) is 15.5 Å². The van der Waals surface area contributed by atoms with Gasteiger partial charge in [-0.1, -0.05) is 11.6 Å². The summed E-state index contributed by atoms with van der Waals surface area (Å²) in [5, 5.41) is 19.3. The summed E-state index contributed by atoms with van der Waals surface area (Å²) in [7, 11) is 0. The Morgan fingerprint density at radius 3 is 2.64 bits per heavy atom. The Bertz CT molecular complexity index is 361. The maximum absolute atomic E-state index is 10.8. The van der Waals surface area contributed by atoms with Crippen molar-refractivity contribution < 1.29 is 9.90 Å². The number of halogens is 1. The molecule has 1 aromatic rings. The van der Waals surface area contributed by atoms with Gasteiger partial charge in [-0.15, -0.1) is 10.2 Å². The molecule has 6 heteroatoms. The highest BCUT2D eigenvalue weighted by molar-refractivity contribution is 6.29. The third kappa shape index (κ3) is 1.63. The Kier molecular flexibility index (Phi) is 2.03. The summed E-state index contributed by atoms with van der Waals surface area (Å²) >= 11 is 5.54. The molecule has 1 aliphatic rings. The Labute approximate surface area is 85.1 Å². The van der Waals surface area contributed by atoms with E-state index in [0.717, 1.165) is 0 Å². The SMILES string of the molecule is O=C(O)C1(Nc2ccc(Cl)nn2)CC1. The van der Waals surface area contributed by atoms with Crippen molar-refractivity contribution in [2.24, 2.45) is 0 Å². The molecule has 14 heavy (non-hydrogen) atoms. The highest BCUT2D eigenvalue weighted by Gasteiger charge is 2.50. The van der Waals surface area contributed by atoms with Crippen LogP contribution in [0.2, 0.25) is 5.15 Å². The predicted molar refractivity (Wildman–Crippen MR) is 50.3 cm³/mol. The molecular weight excluding hydrogens is 206 g/mol. The zero-order valence-electron chi connectivity index (χ0n) is 7.20. The molecule has 1 aliphatic carbocycles. The predicted octanol–water partition coefficient (Wildman–Crippen LogP) is 1.16. The fraction of sp³-hybridized carbons (Fsp3) is 0.375. The van der Waals surface area contributed by atoms with Crippen LogP contribution in [0.1, 0.15) is 12.8 Å². The largest absolute Gasteiger partial charge is 0.480 e. The summed E-state index contributed by atoms with van der Waals surface area (Å²) in [4.78, 5) is 10.8. The lowest BCUT2D eigenvalue weighted by molar-refractivity contribution is -0.138. The number of aromatic nitrogens is 2. The standard InChI is InChI=1S/C8H8ClN3O2/c9-5-1-2-6(12-11-5)10-8(3-4-8)7(13)14/h1-2H,3-4H2,(H,10,12)(H,13,14). The first kappa shape index (κ1) is 9.21. The summed E-state index contributed by atoms with van der Waals surface area (Å²) < 4.78 is 0. The lowest BCUT2D eigenvalue weighted by Crippen LogP contribution is -2.31. The molecule has 1 heterocycles. The van der Waals surface area contributed by atoms with Gasteiger partial charge in [-0.05, 0) is 25.0 Å². The fourth-order valence-corrected chi connectivity index (χ4v) is 1.25. The molecule has 0 amide bonds.